The molecule has 0 saturated carbocycles. The molecule has 82 valence electrons. The molecule has 0 unspecified atom stereocenters. The van der Waals surface area contributed by atoms with Gasteiger partial charge in [-0.2, -0.15) is 0 Å². The highest BCUT2D eigenvalue weighted by Gasteiger charge is 2.30. The predicted octanol–water partition coefficient (Wildman–Crippen LogP) is 0.0396. The standard InChI is InChI=1S/C11H12BNO3/c14-7-12-13-6-9-4-2-1-3-8(9)5-10(13)11(15)16/h1-4,7,10,12H,5-6H2,(H,15,16)/t10-/m1/s1. The highest BCUT2D eigenvalue weighted by atomic mass is 16.4. The Kier molecular flexibility index (Phi) is 3.06. The summed E-state index contributed by atoms with van der Waals surface area (Å²) in [5.41, 5.74) is 2.18. The summed E-state index contributed by atoms with van der Waals surface area (Å²) in [6.07, 6.45) is 1.23. The zero-order chi connectivity index (χ0) is 11.5. The lowest BCUT2D eigenvalue weighted by molar-refractivity contribution is -0.141. The zero-order valence-electron chi connectivity index (χ0n) is 8.80. The van der Waals surface area contributed by atoms with Crippen LogP contribution in [0.1, 0.15) is 11.1 Å². The van der Waals surface area contributed by atoms with Crippen molar-refractivity contribution in [2.24, 2.45) is 0 Å². The van der Waals surface area contributed by atoms with Crippen molar-refractivity contribution in [2.75, 3.05) is 0 Å². The van der Waals surface area contributed by atoms with Crippen LogP contribution < -0.4 is 0 Å². The molecule has 0 bridgehead atoms. The van der Waals surface area contributed by atoms with Gasteiger partial charge in [0.25, 0.3) is 7.41 Å². The van der Waals surface area contributed by atoms with Crippen LogP contribution >= 0.6 is 0 Å². The molecule has 1 atom stereocenters. The quantitative estimate of drug-likeness (QED) is 0.573. The minimum atomic E-state index is -0.864. The lowest BCUT2D eigenvalue weighted by Gasteiger charge is -2.32. The third-order valence-electron chi connectivity index (χ3n) is 2.94. The molecule has 1 aliphatic heterocycles. The molecule has 1 heterocycles. The first kappa shape index (κ1) is 10.9. The van der Waals surface area contributed by atoms with E-state index >= 15 is 0 Å². The number of fused-ring (bicyclic) bond motifs is 1. The first-order valence-electron chi connectivity index (χ1n) is 5.19. The summed E-state index contributed by atoms with van der Waals surface area (Å²) in [5, 5.41) is 9.10. The predicted molar refractivity (Wildman–Crippen MR) is 61.0 cm³/mol. The van der Waals surface area contributed by atoms with E-state index in [1.165, 1.54) is 0 Å². The van der Waals surface area contributed by atoms with E-state index in [0.717, 1.165) is 17.3 Å². The Balaban J connectivity index is 2.29. The Morgan fingerprint density at radius 2 is 2.12 bits per heavy atom. The number of carboxylic acids is 1. The van der Waals surface area contributed by atoms with E-state index in [1.807, 2.05) is 24.3 Å². The minimum Gasteiger partial charge on any atom is -0.480 e. The molecule has 1 N–H and O–H groups in total. The molecule has 1 aliphatic rings. The van der Waals surface area contributed by atoms with Gasteiger partial charge in [-0.1, -0.05) is 24.3 Å². The van der Waals surface area contributed by atoms with Crippen LogP contribution in [-0.2, 0) is 22.6 Å². The zero-order valence-corrected chi connectivity index (χ0v) is 8.80. The fourth-order valence-corrected chi connectivity index (χ4v) is 2.11. The van der Waals surface area contributed by atoms with Crippen molar-refractivity contribution >= 4 is 19.6 Å². The fourth-order valence-electron chi connectivity index (χ4n) is 2.11. The molecule has 0 radical (unpaired) electrons. The van der Waals surface area contributed by atoms with Gasteiger partial charge >= 0.3 is 5.97 Å². The summed E-state index contributed by atoms with van der Waals surface area (Å²) in [7, 11) is 0.172. The molecule has 0 fully saturated rings. The van der Waals surface area contributed by atoms with Crippen LogP contribution in [0.5, 0.6) is 0 Å². The molecule has 0 aliphatic carbocycles. The number of carboxylic acid groups (broad SMARTS) is 1. The van der Waals surface area contributed by atoms with Crippen molar-refractivity contribution in [1.29, 1.82) is 0 Å². The summed E-state index contributed by atoms with van der Waals surface area (Å²) in [6.45, 7) is 0.534. The topological polar surface area (TPSA) is 57.6 Å². The first-order valence-corrected chi connectivity index (χ1v) is 5.19. The van der Waals surface area contributed by atoms with Gasteiger partial charge in [-0.15, -0.1) is 0 Å². The Bertz CT molecular complexity index is 421. The Labute approximate surface area is 94.1 Å². The molecule has 5 heteroatoms. The maximum absolute atomic E-state index is 11.1. The molecule has 4 nitrogen and oxygen atoms in total. The van der Waals surface area contributed by atoms with Gasteiger partial charge in [0.15, 0.2) is 0 Å². The van der Waals surface area contributed by atoms with Gasteiger partial charge in [-0.05, 0) is 17.5 Å². The Morgan fingerprint density at radius 3 is 2.75 bits per heavy atom. The van der Waals surface area contributed by atoms with E-state index in [-0.39, 0.29) is 7.41 Å². The molecular formula is C11H12BNO3. The lowest BCUT2D eigenvalue weighted by atomic mass is 9.84. The lowest BCUT2D eigenvalue weighted by Crippen LogP contribution is -2.47. The molecule has 1 aromatic carbocycles. The number of hydrogen-bond donors (Lipinski definition) is 1. The van der Waals surface area contributed by atoms with Crippen LogP contribution in [0.15, 0.2) is 24.3 Å². The first-order chi connectivity index (χ1) is 7.72. The minimum absolute atomic E-state index is 0.172. The van der Waals surface area contributed by atoms with Crippen LogP contribution in [-0.4, -0.2) is 35.5 Å². The highest BCUT2D eigenvalue weighted by molar-refractivity contribution is 6.64. The highest BCUT2D eigenvalue weighted by Crippen LogP contribution is 2.22. The number of rotatable bonds is 3. The second kappa shape index (κ2) is 4.49. The summed E-state index contributed by atoms with van der Waals surface area (Å²) in [4.78, 5) is 23.3. The Morgan fingerprint density at radius 1 is 1.44 bits per heavy atom. The molecule has 0 saturated heterocycles. The number of hydrogen-bond acceptors (Lipinski definition) is 3. The third-order valence-corrected chi connectivity index (χ3v) is 2.94. The molecule has 16 heavy (non-hydrogen) atoms. The van der Waals surface area contributed by atoms with Crippen LogP contribution in [0.4, 0.5) is 0 Å². The van der Waals surface area contributed by atoms with E-state index in [2.05, 4.69) is 0 Å². The molecule has 0 amide bonds. The number of carbonyl (C=O) groups excluding carboxylic acids is 1. The van der Waals surface area contributed by atoms with Gasteiger partial charge in [0, 0.05) is 6.54 Å². The summed E-state index contributed by atoms with van der Waals surface area (Å²) >= 11 is 0. The van der Waals surface area contributed by atoms with Gasteiger partial charge in [-0.25, -0.2) is 0 Å². The fraction of sp³-hybridized carbons (Fsp3) is 0.273. The molecule has 1 aromatic rings. The van der Waals surface area contributed by atoms with Gasteiger partial charge in [-0.3, -0.25) is 4.79 Å². The summed E-state index contributed by atoms with van der Waals surface area (Å²) in [6, 6.07) is 7.18. The number of carbonyl (C=O) groups is 2. The van der Waals surface area contributed by atoms with Crippen LogP contribution in [0, 0.1) is 0 Å². The van der Waals surface area contributed by atoms with Crippen molar-refractivity contribution in [1.82, 2.24) is 4.81 Å². The van der Waals surface area contributed by atoms with Crippen LogP contribution in [0.25, 0.3) is 0 Å². The van der Waals surface area contributed by atoms with E-state index < -0.39 is 12.0 Å². The maximum atomic E-state index is 11.1. The average molecular weight is 217 g/mol. The summed E-state index contributed by atoms with van der Waals surface area (Å²) in [5.74, 6) is -0.864. The van der Waals surface area contributed by atoms with Crippen LogP contribution in [0.2, 0.25) is 0 Å². The van der Waals surface area contributed by atoms with Crippen molar-refractivity contribution in [3.63, 3.8) is 0 Å². The van der Waals surface area contributed by atoms with E-state index in [9.17, 15) is 9.59 Å². The number of benzene rings is 1. The number of nitrogens with zero attached hydrogens (tertiary/aromatic N) is 1. The Hall–Kier alpha value is -1.62. The normalized spacial score (nSPS) is 19.9. The molecule has 2 rings (SSSR count). The maximum Gasteiger partial charge on any atom is 0.320 e. The average Bonchev–Trinajstić information content (AvgIpc) is 2.28. The largest absolute Gasteiger partial charge is 0.480 e. The monoisotopic (exact) mass is 217 g/mol. The van der Waals surface area contributed by atoms with E-state index in [1.54, 1.807) is 4.81 Å². The van der Waals surface area contributed by atoms with Crippen molar-refractivity contribution < 1.29 is 14.7 Å². The van der Waals surface area contributed by atoms with E-state index in [0.29, 0.717) is 13.0 Å². The SMILES string of the molecule is O=CBN1Cc2ccccc2C[C@@H]1C(=O)O. The summed E-state index contributed by atoms with van der Waals surface area (Å²) < 4.78 is 0. The second-order valence-electron chi connectivity index (χ2n) is 3.92. The van der Waals surface area contributed by atoms with Gasteiger partial charge in [0.05, 0.1) is 6.19 Å². The number of aliphatic carboxylic acids is 1. The van der Waals surface area contributed by atoms with Crippen molar-refractivity contribution in [3.8, 4) is 0 Å². The molecule has 0 aromatic heterocycles. The van der Waals surface area contributed by atoms with Crippen molar-refractivity contribution in [3.05, 3.63) is 35.4 Å². The van der Waals surface area contributed by atoms with Crippen LogP contribution in [0.3, 0.4) is 0 Å². The third kappa shape index (κ3) is 1.99. The van der Waals surface area contributed by atoms with Gasteiger partial charge in [0.1, 0.15) is 6.04 Å². The van der Waals surface area contributed by atoms with Gasteiger partial charge < -0.3 is 14.7 Å². The molecular weight excluding hydrogens is 205 g/mol. The van der Waals surface area contributed by atoms with Gasteiger partial charge in [0.2, 0.25) is 0 Å². The van der Waals surface area contributed by atoms with E-state index in [4.69, 9.17) is 5.11 Å². The van der Waals surface area contributed by atoms with Crippen molar-refractivity contribution in [2.45, 2.75) is 19.0 Å². The second-order valence-corrected chi connectivity index (χ2v) is 3.92. The smallest absolute Gasteiger partial charge is 0.320 e. The molecule has 0 spiro atoms.